The minimum Gasteiger partial charge on any atom is -0.365 e. The normalized spacial score (nSPS) is 20.8. The van der Waals surface area contributed by atoms with Gasteiger partial charge in [0.2, 0.25) is 0 Å². The fraction of sp³-hybridized carbons (Fsp3) is 0.200. The highest BCUT2D eigenvalue weighted by Gasteiger charge is 2.37. The molecule has 9 heteroatoms. The standard InChI is InChI=1S/C20H18FN3O3S2/c1-29(26,27)15-5-2-13(3-6-15)11-24-12-17(16-7-4-14(21)10-18(16)24)19(25)23-20-22-8-9-28-20/h2-10,12,16,18H,11H2,1H3,(H,22,23,25). The molecule has 1 aromatic carbocycles. The topological polar surface area (TPSA) is 79.4 Å². The molecule has 29 heavy (non-hydrogen) atoms. The van der Waals surface area contributed by atoms with Crippen LogP contribution in [0.2, 0.25) is 0 Å². The highest BCUT2D eigenvalue weighted by atomic mass is 32.2. The van der Waals surface area contributed by atoms with Gasteiger partial charge in [-0.1, -0.05) is 18.2 Å². The lowest BCUT2D eigenvalue weighted by atomic mass is 9.90. The Balaban J connectivity index is 1.58. The van der Waals surface area contributed by atoms with Crippen LogP contribution < -0.4 is 5.32 Å². The summed E-state index contributed by atoms with van der Waals surface area (Å²) < 4.78 is 37.2. The molecule has 150 valence electrons. The highest BCUT2D eigenvalue weighted by molar-refractivity contribution is 7.90. The van der Waals surface area contributed by atoms with Crippen LogP contribution in [0.3, 0.4) is 0 Å². The second-order valence-electron chi connectivity index (χ2n) is 6.89. The summed E-state index contributed by atoms with van der Waals surface area (Å²) in [6.45, 7) is 0.414. The van der Waals surface area contributed by atoms with Gasteiger partial charge in [-0.2, -0.15) is 0 Å². The molecule has 1 aliphatic heterocycles. The van der Waals surface area contributed by atoms with E-state index < -0.39 is 9.84 Å². The van der Waals surface area contributed by atoms with Crippen LogP contribution in [-0.4, -0.2) is 36.5 Å². The van der Waals surface area contributed by atoms with Gasteiger partial charge in [0.25, 0.3) is 5.91 Å². The number of nitrogens with zero attached hydrogens (tertiary/aromatic N) is 2. The van der Waals surface area contributed by atoms with Crippen LogP contribution in [0.25, 0.3) is 0 Å². The number of amides is 1. The monoisotopic (exact) mass is 431 g/mol. The van der Waals surface area contributed by atoms with Crippen LogP contribution in [0.5, 0.6) is 0 Å². The van der Waals surface area contributed by atoms with Gasteiger partial charge in [0.1, 0.15) is 5.83 Å². The van der Waals surface area contributed by atoms with Gasteiger partial charge >= 0.3 is 0 Å². The molecule has 2 atom stereocenters. The van der Waals surface area contributed by atoms with Crippen molar-refractivity contribution in [3.8, 4) is 0 Å². The van der Waals surface area contributed by atoms with E-state index in [9.17, 15) is 17.6 Å². The molecule has 2 aromatic rings. The molecular formula is C20H18FN3O3S2. The maximum atomic E-state index is 13.9. The smallest absolute Gasteiger partial charge is 0.255 e. The molecule has 0 radical (unpaired) electrons. The molecule has 0 saturated carbocycles. The summed E-state index contributed by atoms with van der Waals surface area (Å²) in [5.74, 6) is -0.895. The van der Waals surface area contributed by atoms with Crippen molar-refractivity contribution in [1.29, 1.82) is 0 Å². The molecule has 6 nitrogen and oxygen atoms in total. The van der Waals surface area contributed by atoms with Crippen LogP contribution >= 0.6 is 11.3 Å². The Morgan fingerprint density at radius 1 is 1.31 bits per heavy atom. The van der Waals surface area contributed by atoms with Gasteiger partial charge in [-0.3, -0.25) is 10.1 Å². The predicted molar refractivity (Wildman–Crippen MR) is 110 cm³/mol. The van der Waals surface area contributed by atoms with Gasteiger partial charge in [-0.05, 0) is 29.8 Å². The van der Waals surface area contributed by atoms with Crippen molar-refractivity contribution in [1.82, 2.24) is 9.88 Å². The summed E-state index contributed by atoms with van der Waals surface area (Å²) in [6.07, 6.45) is 9.07. The number of benzene rings is 1. The third-order valence-electron chi connectivity index (χ3n) is 4.84. The zero-order valence-electron chi connectivity index (χ0n) is 15.4. The van der Waals surface area contributed by atoms with E-state index in [1.807, 2.05) is 4.90 Å². The molecule has 2 heterocycles. The third-order valence-corrected chi connectivity index (χ3v) is 6.66. The van der Waals surface area contributed by atoms with E-state index in [0.29, 0.717) is 17.2 Å². The number of sulfone groups is 1. The number of allylic oxidation sites excluding steroid dienone is 2. The minimum atomic E-state index is -3.27. The van der Waals surface area contributed by atoms with E-state index in [-0.39, 0.29) is 28.6 Å². The first-order chi connectivity index (χ1) is 13.8. The fourth-order valence-corrected chi connectivity index (χ4v) is 4.60. The molecule has 1 amide bonds. The highest BCUT2D eigenvalue weighted by Crippen LogP contribution is 2.36. The van der Waals surface area contributed by atoms with Crippen molar-refractivity contribution in [2.45, 2.75) is 17.5 Å². The van der Waals surface area contributed by atoms with Crippen molar-refractivity contribution in [3.05, 3.63) is 77.2 Å². The van der Waals surface area contributed by atoms with Crippen molar-refractivity contribution < 1.29 is 17.6 Å². The number of carbonyl (C=O) groups excluding carboxylic acids is 1. The summed E-state index contributed by atoms with van der Waals surface area (Å²) in [5, 5.41) is 5.05. The van der Waals surface area contributed by atoms with Crippen LogP contribution in [0, 0.1) is 5.92 Å². The SMILES string of the molecule is CS(=O)(=O)c1ccc(CN2C=C(C(=O)Nc3nccs3)C3C=CC(F)=CC32)cc1. The molecule has 1 aliphatic carbocycles. The maximum absolute atomic E-state index is 13.9. The molecule has 0 spiro atoms. The Kier molecular flexibility index (Phi) is 5.10. The van der Waals surface area contributed by atoms with Crippen molar-refractivity contribution in [2.75, 3.05) is 11.6 Å². The van der Waals surface area contributed by atoms with E-state index in [0.717, 1.165) is 11.8 Å². The number of hydrogen-bond acceptors (Lipinski definition) is 6. The number of aromatic nitrogens is 1. The first-order valence-electron chi connectivity index (χ1n) is 8.84. The van der Waals surface area contributed by atoms with E-state index in [2.05, 4.69) is 10.3 Å². The third kappa shape index (κ3) is 4.15. The molecular weight excluding hydrogens is 413 g/mol. The number of fused-ring (bicyclic) bond motifs is 1. The van der Waals surface area contributed by atoms with Crippen LogP contribution in [0.15, 0.2) is 76.6 Å². The summed E-state index contributed by atoms with van der Waals surface area (Å²) in [6, 6.07) is 6.23. The van der Waals surface area contributed by atoms with Gasteiger partial charge in [0.15, 0.2) is 15.0 Å². The Hall–Kier alpha value is -2.78. The second-order valence-corrected chi connectivity index (χ2v) is 9.80. The van der Waals surface area contributed by atoms with Gasteiger partial charge in [-0.25, -0.2) is 17.8 Å². The first kappa shape index (κ1) is 19.5. The maximum Gasteiger partial charge on any atom is 0.255 e. The number of hydrogen-bond donors (Lipinski definition) is 1. The molecule has 0 bridgehead atoms. The van der Waals surface area contributed by atoms with E-state index >= 15 is 0 Å². The molecule has 4 rings (SSSR count). The average molecular weight is 432 g/mol. The zero-order chi connectivity index (χ0) is 20.6. The Morgan fingerprint density at radius 2 is 2.07 bits per heavy atom. The second kappa shape index (κ2) is 7.57. The number of halogens is 1. The largest absolute Gasteiger partial charge is 0.365 e. The lowest BCUT2D eigenvalue weighted by Gasteiger charge is -2.28. The molecule has 0 saturated heterocycles. The molecule has 1 N–H and O–H groups in total. The average Bonchev–Trinajstić information content (AvgIpc) is 3.29. The summed E-state index contributed by atoms with van der Waals surface area (Å²) in [5.41, 5.74) is 1.38. The van der Waals surface area contributed by atoms with Crippen LogP contribution in [-0.2, 0) is 21.2 Å². The number of nitrogens with one attached hydrogen (secondary N) is 1. The number of anilines is 1. The molecule has 0 fully saturated rings. The summed E-state index contributed by atoms with van der Waals surface area (Å²) >= 11 is 1.32. The lowest BCUT2D eigenvalue weighted by Crippen LogP contribution is -2.32. The van der Waals surface area contributed by atoms with Crippen molar-refractivity contribution >= 4 is 32.2 Å². The minimum absolute atomic E-state index is 0.242. The summed E-state index contributed by atoms with van der Waals surface area (Å²) in [7, 11) is -3.27. The molecule has 1 aromatic heterocycles. The fourth-order valence-electron chi connectivity index (χ4n) is 3.44. The predicted octanol–water partition coefficient (Wildman–Crippen LogP) is 3.29. The van der Waals surface area contributed by atoms with E-state index in [4.69, 9.17) is 0 Å². The van der Waals surface area contributed by atoms with Gasteiger partial charge < -0.3 is 4.90 Å². The zero-order valence-corrected chi connectivity index (χ0v) is 17.1. The number of thiazole rings is 1. The van der Waals surface area contributed by atoms with Gasteiger partial charge in [0.05, 0.1) is 10.9 Å². The molecule has 2 unspecified atom stereocenters. The number of rotatable bonds is 5. The number of carbonyl (C=O) groups is 1. The first-order valence-corrected chi connectivity index (χ1v) is 11.6. The Morgan fingerprint density at radius 3 is 2.72 bits per heavy atom. The van der Waals surface area contributed by atoms with Crippen molar-refractivity contribution in [2.24, 2.45) is 5.92 Å². The van der Waals surface area contributed by atoms with E-state index in [1.165, 1.54) is 23.5 Å². The van der Waals surface area contributed by atoms with Gasteiger partial charge in [0, 0.05) is 42.1 Å². The summed E-state index contributed by atoms with van der Waals surface area (Å²) in [4.78, 5) is 18.9. The van der Waals surface area contributed by atoms with Crippen LogP contribution in [0.4, 0.5) is 9.52 Å². The van der Waals surface area contributed by atoms with Gasteiger partial charge in [-0.15, -0.1) is 11.3 Å². The lowest BCUT2D eigenvalue weighted by molar-refractivity contribution is -0.113. The quantitative estimate of drug-likeness (QED) is 0.786. The van der Waals surface area contributed by atoms with Crippen LogP contribution in [0.1, 0.15) is 5.56 Å². The van der Waals surface area contributed by atoms with E-state index in [1.54, 1.807) is 48.1 Å². The van der Waals surface area contributed by atoms with Crippen molar-refractivity contribution in [3.63, 3.8) is 0 Å². The Bertz CT molecular complexity index is 1120. The Labute approximate surface area is 172 Å². The molecule has 2 aliphatic rings.